The molecule has 0 N–H and O–H groups in total. The number of hydrogen-bond acceptors (Lipinski definition) is 5. The lowest BCUT2D eigenvalue weighted by molar-refractivity contribution is -0.129. The van der Waals surface area contributed by atoms with Crippen LogP contribution in [0.5, 0.6) is 5.75 Å². The maximum atomic E-state index is 12.4. The molecule has 2 aromatic heterocycles. The van der Waals surface area contributed by atoms with Gasteiger partial charge in [-0.2, -0.15) is 5.10 Å². The highest BCUT2D eigenvalue weighted by molar-refractivity contribution is 5.79. The van der Waals surface area contributed by atoms with Gasteiger partial charge < -0.3 is 14.5 Å². The summed E-state index contributed by atoms with van der Waals surface area (Å²) in [6, 6.07) is 3.78. The van der Waals surface area contributed by atoms with Crippen molar-refractivity contribution in [1.82, 2.24) is 19.7 Å². The lowest BCUT2D eigenvalue weighted by Crippen LogP contribution is -2.32. The van der Waals surface area contributed by atoms with E-state index in [9.17, 15) is 4.79 Å². The lowest BCUT2D eigenvalue weighted by atomic mass is 10.2. The van der Waals surface area contributed by atoms with Crippen molar-refractivity contribution in [3.63, 3.8) is 0 Å². The number of aromatic nitrogens is 3. The molecule has 128 valence electrons. The van der Waals surface area contributed by atoms with Crippen LogP contribution in [-0.2, 0) is 18.3 Å². The van der Waals surface area contributed by atoms with E-state index in [0.29, 0.717) is 13.0 Å². The predicted molar refractivity (Wildman–Crippen MR) is 91.1 cm³/mol. The molecule has 0 aliphatic carbocycles. The van der Waals surface area contributed by atoms with Gasteiger partial charge in [0, 0.05) is 46.5 Å². The Hall–Kier alpha value is -2.57. The number of carbonyl (C=O) groups excluding carboxylic acids is 1. The van der Waals surface area contributed by atoms with E-state index in [0.717, 1.165) is 30.1 Å². The van der Waals surface area contributed by atoms with Crippen LogP contribution in [0.4, 0.5) is 5.82 Å². The monoisotopic (exact) mass is 329 g/mol. The highest BCUT2D eigenvalue weighted by Crippen LogP contribution is 2.26. The lowest BCUT2D eigenvalue weighted by Gasteiger charge is -2.20. The van der Waals surface area contributed by atoms with Gasteiger partial charge in [-0.15, -0.1) is 0 Å². The van der Waals surface area contributed by atoms with Crippen molar-refractivity contribution in [3.8, 4) is 5.75 Å². The quantitative estimate of drug-likeness (QED) is 0.822. The SMILES string of the molecule is CN(C)c1ncccc1O[C@@H]1CCN(C(=O)Cc2cnn(C)c2)C1. The number of nitrogens with zero attached hydrogens (tertiary/aromatic N) is 5. The van der Waals surface area contributed by atoms with E-state index in [2.05, 4.69) is 10.1 Å². The van der Waals surface area contributed by atoms with Crippen LogP contribution in [0, 0.1) is 0 Å². The molecule has 0 spiro atoms. The number of carbonyl (C=O) groups is 1. The first-order valence-electron chi connectivity index (χ1n) is 8.07. The van der Waals surface area contributed by atoms with Gasteiger partial charge in [0.2, 0.25) is 5.91 Å². The number of likely N-dealkylation sites (tertiary alicyclic amines) is 1. The molecular formula is C17H23N5O2. The number of anilines is 1. The molecular weight excluding hydrogens is 306 g/mol. The fourth-order valence-corrected chi connectivity index (χ4v) is 2.89. The van der Waals surface area contributed by atoms with Crippen LogP contribution < -0.4 is 9.64 Å². The molecule has 0 radical (unpaired) electrons. The molecule has 2 aromatic rings. The average Bonchev–Trinajstić information content (AvgIpc) is 3.17. The molecule has 1 aliphatic rings. The third kappa shape index (κ3) is 3.67. The molecule has 0 aromatic carbocycles. The first kappa shape index (κ1) is 16.3. The number of rotatable bonds is 5. The first-order chi connectivity index (χ1) is 11.5. The Morgan fingerprint density at radius 1 is 1.46 bits per heavy atom. The van der Waals surface area contributed by atoms with Crippen molar-refractivity contribution in [2.24, 2.45) is 7.05 Å². The van der Waals surface area contributed by atoms with E-state index in [-0.39, 0.29) is 12.0 Å². The Labute approximate surface area is 141 Å². The second kappa shape index (κ2) is 6.90. The molecule has 7 heteroatoms. The average molecular weight is 329 g/mol. The largest absolute Gasteiger partial charge is 0.485 e. The summed E-state index contributed by atoms with van der Waals surface area (Å²) in [5.41, 5.74) is 0.939. The van der Waals surface area contributed by atoms with Crippen molar-refractivity contribution in [1.29, 1.82) is 0 Å². The van der Waals surface area contributed by atoms with Crippen LogP contribution in [-0.4, -0.2) is 58.9 Å². The van der Waals surface area contributed by atoms with Crippen molar-refractivity contribution in [2.75, 3.05) is 32.1 Å². The van der Waals surface area contributed by atoms with Crippen molar-refractivity contribution in [2.45, 2.75) is 18.9 Å². The van der Waals surface area contributed by atoms with E-state index in [1.165, 1.54) is 0 Å². The number of amides is 1. The predicted octanol–water partition coefficient (Wildman–Crippen LogP) is 1.10. The highest BCUT2D eigenvalue weighted by atomic mass is 16.5. The number of hydrogen-bond donors (Lipinski definition) is 0. The molecule has 0 saturated carbocycles. The maximum absolute atomic E-state index is 12.4. The molecule has 1 fully saturated rings. The second-order valence-electron chi connectivity index (χ2n) is 6.29. The second-order valence-corrected chi connectivity index (χ2v) is 6.29. The van der Waals surface area contributed by atoms with Crippen LogP contribution in [0.3, 0.4) is 0 Å². The third-order valence-electron chi connectivity index (χ3n) is 4.08. The van der Waals surface area contributed by atoms with Gasteiger partial charge >= 0.3 is 0 Å². The molecule has 3 rings (SSSR count). The van der Waals surface area contributed by atoms with Crippen LogP contribution in [0.1, 0.15) is 12.0 Å². The molecule has 0 bridgehead atoms. The molecule has 3 heterocycles. The smallest absolute Gasteiger partial charge is 0.227 e. The van der Waals surface area contributed by atoms with E-state index < -0.39 is 0 Å². The maximum Gasteiger partial charge on any atom is 0.227 e. The summed E-state index contributed by atoms with van der Waals surface area (Å²) in [7, 11) is 5.73. The fourth-order valence-electron chi connectivity index (χ4n) is 2.89. The molecule has 0 unspecified atom stereocenters. The summed E-state index contributed by atoms with van der Waals surface area (Å²) < 4.78 is 7.80. The first-order valence-corrected chi connectivity index (χ1v) is 8.07. The summed E-state index contributed by atoms with van der Waals surface area (Å²) >= 11 is 0. The Balaban J connectivity index is 1.58. The number of aryl methyl sites for hydroxylation is 1. The topological polar surface area (TPSA) is 63.5 Å². The summed E-state index contributed by atoms with van der Waals surface area (Å²) in [4.78, 5) is 20.5. The fraction of sp³-hybridized carbons (Fsp3) is 0.471. The summed E-state index contributed by atoms with van der Waals surface area (Å²) in [5.74, 6) is 1.68. The van der Waals surface area contributed by atoms with Crippen molar-refractivity contribution < 1.29 is 9.53 Å². The Kier molecular flexibility index (Phi) is 4.69. The zero-order chi connectivity index (χ0) is 17.1. The van der Waals surface area contributed by atoms with Crippen molar-refractivity contribution in [3.05, 3.63) is 36.3 Å². The number of ether oxygens (including phenoxy) is 1. The van der Waals surface area contributed by atoms with Crippen LogP contribution in [0.2, 0.25) is 0 Å². The minimum atomic E-state index is 0.00532. The minimum Gasteiger partial charge on any atom is -0.485 e. The highest BCUT2D eigenvalue weighted by Gasteiger charge is 2.28. The molecule has 1 atom stereocenters. The summed E-state index contributed by atoms with van der Waals surface area (Å²) in [5, 5.41) is 4.10. The summed E-state index contributed by atoms with van der Waals surface area (Å²) in [6.45, 7) is 1.34. The van der Waals surface area contributed by atoms with Gasteiger partial charge in [0.1, 0.15) is 6.10 Å². The van der Waals surface area contributed by atoms with Gasteiger partial charge in [0.25, 0.3) is 0 Å². The normalized spacial score (nSPS) is 17.1. The van der Waals surface area contributed by atoms with E-state index in [4.69, 9.17) is 4.74 Å². The third-order valence-corrected chi connectivity index (χ3v) is 4.08. The Morgan fingerprint density at radius 2 is 2.29 bits per heavy atom. The van der Waals surface area contributed by atoms with Gasteiger partial charge in [-0.1, -0.05) is 0 Å². The molecule has 1 aliphatic heterocycles. The summed E-state index contributed by atoms with van der Waals surface area (Å²) in [6.07, 6.45) is 6.59. The zero-order valence-corrected chi connectivity index (χ0v) is 14.3. The van der Waals surface area contributed by atoms with E-state index >= 15 is 0 Å². The number of pyridine rings is 1. The van der Waals surface area contributed by atoms with Crippen LogP contribution >= 0.6 is 0 Å². The van der Waals surface area contributed by atoms with E-state index in [1.807, 2.05) is 49.3 Å². The van der Waals surface area contributed by atoms with E-state index in [1.54, 1.807) is 17.1 Å². The molecule has 7 nitrogen and oxygen atoms in total. The van der Waals surface area contributed by atoms with Crippen molar-refractivity contribution >= 4 is 11.7 Å². The Morgan fingerprint density at radius 3 is 3.00 bits per heavy atom. The van der Waals surface area contributed by atoms with Gasteiger partial charge in [-0.05, 0) is 17.7 Å². The minimum absolute atomic E-state index is 0.00532. The van der Waals surface area contributed by atoms with Crippen LogP contribution in [0.15, 0.2) is 30.7 Å². The van der Waals surface area contributed by atoms with Gasteiger partial charge in [0.15, 0.2) is 11.6 Å². The molecule has 1 amide bonds. The standard InChI is InChI=1S/C17H23N5O2/c1-20(2)17-15(5-4-7-18-17)24-14-6-8-22(12-14)16(23)9-13-10-19-21(3)11-13/h4-5,7,10-11,14H,6,8-9,12H2,1-3H3/t14-/m1/s1. The molecule has 1 saturated heterocycles. The van der Waals surface area contributed by atoms with Gasteiger partial charge in [-0.25, -0.2) is 4.98 Å². The van der Waals surface area contributed by atoms with Gasteiger partial charge in [0.05, 0.1) is 19.2 Å². The Bertz CT molecular complexity index is 713. The molecule has 24 heavy (non-hydrogen) atoms. The van der Waals surface area contributed by atoms with Crippen LogP contribution in [0.25, 0.3) is 0 Å². The van der Waals surface area contributed by atoms with Gasteiger partial charge in [-0.3, -0.25) is 9.48 Å². The zero-order valence-electron chi connectivity index (χ0n) is 14.3.